The second kappa shape index (κ2) is 15.4. The third kappa shape index (κ3) is 25.6. The van der Waals surface area contributed by atoms with Gasteiger partial charge in [-0.2, -0.15) is 0 Å². The van der Waals surface area contributed by atoms with E-state index in [2.05, 4.69) is 22.9 Å². The highest BCUT2D eigenvalue weighted by Gasteiger charge is 1.94. The minimum atomic E-state index is -0.690. The fourth-order valence-electron chi connectivity index (χ4n) is 1.07. The number of carboxylic acid groups (broad SMARTS) is 2. The Morgan fingerprint density at radius 2 is 1.35 bits per heavy atom. The molecule has 0 aliphatic carbocycles. The van der Waals surface area contributed by atoms with E-state index >= 15 is 0 Å². The number of carbonyl (C=O) groups is 2. The summed E-state index contributed by atoms with van der Waals surface area (Å²) in [7, 11) is 0. The minimum Gasteiger partial charge on any atom is -0.481 e. The number of unbranched alkanes of at least 4 members (excludes halogenated alkanes) is 4. The second-order valence-corrected chi connectivity index (χ2v) is 4.54. The van der Waals surface area contributed by atoms with E-state index in [-0.39, 0.29) is 0 Å². The van der Waals surface area contributed by atoms with E-state index < -0.39 is 11.9 Å². The highest BCUT2D eigenvalue weighted by molar-refractivity contribution is 9.09. The van der Waals surface area contributed by atoms with E-state index in [1.807, 2.05) is 0 Å². The van der Waals surface area contributed by atoms with Crippen molar-refractivity contribution in [3.63, 3.8) is 0 Å². The Bertz CT molecular complexity index is 195. The quantitative estimate of drug-likeness (QED) is 0.503. The maximum atomic E-state index is 9.95. The number of carboxylic acids is 2. The highest BCUT2D eigenvalue weighted by atomic mass is 79.9. The molecule has 0 fully saturated rings. The first-order chi connectivity index (χ1) is 8.04. The molecule has 4 nitrogen and oxygen atoms in total. The van der Waals surface area contributed by atoms with Gasteiger partial charge in [-0.05, 0) is 19.3 Å². The molecule has 0 aromatic carbocycles. The van der Waals surface area contributed by atoms with E-state index in [4.69, 9.17) is 10.2 Å². The van der Waals surface area contributed by atoms with Gasteiger partial charge < -0.3 is 10.2 Å². The second-order valence-electron chi connectivity index (χ2n) is 3.74. The van der Waals surface area contributed by atoms with Gasteiger partial charge in [0.1, 0.15) is 0 Å². The first-order valence-corrected chi connectivity index (χ1v) is 7.16. The predicted molar refractivity (Wildman–Crippen MR) is 71.7 cm³/mol. The van der Waals surface area contributed by atoms with E-state index in [1.165, 1.54) is 0 Å². The highest BCUT2D eigenvalue weighted by Crippen LogP contribution is 2.01. The number of rotatable bonds is 9. The molecular weight excluding hydrogens is 288 g/mol. The molecule has 0 bridgehead atoms. The molecular formula is C12H23BrO4. The van der Waals surface area contributed by atoms with Crippen molar-refractivity contribution in [1.82, 2.24) is 0 Å². The van der Waals surface area contributed by atoms with Gasteiger partial charge in [0.15, 0.2) is 0 Å². The smallest absolute Gasteiger partial charge is 0.303 e. The maximum absolute atomic E-state index is 9.95. The van der Waals surface area contributed by atoms with Gasteiger partial charge in [-0.15, -0.1) is 0 Å². The topological polar surface area (TPSA) is 74.6 Å². The molecule has 5 heteroatoms. The third-order valence-electron chi connectivity index (χ3n) is 2.02. The summed E-state index contributed by atoms with van der Waals surface area (Å²) in [4.78, 5) is 19.8. The van der Waals surface area contributed by atoms with Crippen LogP contribution in [0.4, 0.5) is 0 Å². The van der Waals surface area contributed by atoms with Crippen LogP contribution in [0.5, 0.6) is 0 Å². The molecule has 102 valence electrons. The molecule has 0 saturated carbocycles. The normalized spacial score (nSPS) is 9.29. The molecule has 0 radical (unpaired) electrons. The summed E-state index contributed by atoms with van der Waals surface area (Å²) in [6.45, 7) is 2.06. The summed E-state index contributed by atoms with van der Waals surface area (Å²) in [5.41, 5.74) is 0. The van der Waals surface area contributed by atoms with Crippen LogP contribution in [0.2, 0.25) is 0 Å². The molecule has 0 amide bonds. The van der Waals surface area contributed by atoms with Gasteiger partial charge in [-0.3, -0.25) is 9.59 Å². The lowest BCUT2D eigenvalue weighted by molar-refractivity contribution is -0.138. The summed E-state index contributed by atoms with van der Waals surface area (Å²) in [6.07, 6.45) is 6.48. The van der Waals surface area contributed by atoms with Crippen molar-refractivity contribution >= 4 is 27.9 Å². The Labute approximate surface area is 112 Å². The zero-order valence-electron chi connectivity index (χ0n) is 10.5. The number of alkyl halides is 1. The van der Waals surface area contributed by atoms with E-state index in [9.17, 15) is 9.59 Å². The largest absolute Gasteiger partial charge is 0.481 e. The van der Waals surface area contributed by atoms with E-state index in [1.54, 1.807) is 0 Å². The SMILES string of the molecule is CCCCCC(=O)O.O=C(O)CCCCCBr. The zero-order valence-corrected chi connectivity index (χ0v) is 12.0. The minimum absolute atomic E-state index is 0.312. The fourth-order valence-corrected chi connectivity index (χ4v) is 1.47. The van der Waals surface area contributed by atoms with Gasteiger partial charge in [0.05, 0.1) is 0 Å². The first kappa shape index (κ1) is 18.8. The fraction of sp³-hybridized carbons (Fsp3) is 0.833. The Morgan fingerprint density at radius 3 is 1.71 bits per heavy atom. The van der Waals surface area contributed by atoms with Crippen molar-refractivity contribution in [3.05, 3.63) is 0 Å². The van der Waals surface area contributed by atoms with Crippen LogP contribution in [0.25, 0.3) is 0 Å². The molecule has 0 aromatic heterocycles. The van der Waals surface area contributed by atoms with Crippen molar-refractivity contribution in [2.45, 2.75) is 58.3 Å². The van der Waals surface area contributed by atoms with E-state index in [0.29, 0.717) is 12.8 Å². The van der Waals surface area contributed by atoms with Crippen LogP contribution < -0.4 is 0 Å². The Balaban J connectivity index is 0. The van der Waals surface area contributed by atoms with Crippen LogP contribution in [0.1, 0.15) is 58.3 Å². The standard InChI is InChI=1S/C6H11BrO2.C6H12O2/c7-5-3-1-2-4-6(8)9;1-2-3-4-5-6(7)8/h1-5H2,(H,8,9);2-5H2,1H3,(H,7,8). The molecule has 0 atom stereocenters. The van der Waals surface area contributed by atoms with Crippen LogP contribution in [0, 0.1) is 0 Å². The lowest BCUT2D eigenvalue weighted by atomic mass is 10.2. The first-order valence-electron chi connectivity index (χ1n) is 6.04. The van der Waals surface area contributed by atoms with Crippen molar-refractivity contribution in [1.29, 1.82) is 0 Å². The van der Waals surface area contributed by atoms with Crippen LogP contribution in [0.3, 0.4) is 0 Å². The lowest BCUT2D eigenvalue weighted by Crippen LogP contribution is -1.93. The third-order valence-corrected chi connectivity index (χ3v) is 2.58. The summed E-state index contributed by atoms with van der Waals surface area (Å²) in [5, 5.41) is 17.3. The van der Waals surface area contributed by atoms with Crippen molar-refractivity contribution in [2.75, 3.05) is 5.33 Å². The molecule has 0 heterocycles. The predicted octanol–water partition coefficient (Wildman–Crippen LogP) is 3.68. The van der Waals surface area contributed by atoms with Crippen LogP contribution in [-0.4, -0.2) is 27.5 Å². The number of aliphatic carboxylic acids is 2. The van der Waals surface area contributed by atoms with Crippen molar-refractivity contribution in [2.24, 2.45) is 0 Å². The molecule has 0 saturated heterocycles. The lowest BCUT2D eigenvalue weighted by Gasteiger charge is -1.92. The Hall–Kier alpha value is -0.580. The molecule has 0 aromatic rings. The molecule has 17 heavy (non-hydrogen) atoms. The summed E-state index contributed by atoms with van der Waals surface area (Å²) < 4.78 is 0. The molecule has 0 rings (SSSR count). The molecule has 2 N–H and O–H groups in total. The van der Waals surface area contributed by atoms with E-state index in [0.717, 1.165) is 43.9 Å². The Morgan fingerprint density at radius 1 is 0.882 bits per heavy atom. The van der Waals surface area contributed by atoms with Crippen molar-refractivity contribution < 1.29 is 19.8 Å². The monoisotopic (exact) mass is 310 g/mol. The van der Waals surface area contributed by atoms with Gasteiger partial charge in [-0.25, -0.2) is 0 Å². The molecule has 0 spiro atoms. The van der Waals surface area contributed by atoms with Gasteiger partial charge in [0.2, 0.25) is 0 Å². The number of hydrogen-bond acceptors (Lipinski definition) is 2. The molecule has 0 aliphatic heterocycles. The maximum Gasteiger partial charge on any atom is 0.303 e. The Kier molecular flexibility index (Phi) is 17.0. The molecule has 0 aliphatic rings. The summed E-state index contributed by atoms with van der Waals surface area (Å²) in [6, 6.07) is 0. The van der Waals surface area contributed by atoms with Gasteiger partial charge in [0, 0.05) is 18.2 Å². The molecule has 0 unspecified atom stereocenters. The van der Waals surface area contributed by atoms with Gasteiger partial charge in [-0.1, -0.05) is 42.1 Å². The van der Waals surface area contributed by atoms with Gasteiger partial charge >= 0.3 is 11.9 Å². The number of halogens is 1. The average Bonchev–Trinajstić information content (AvgIpc) is 2.25. The number of hydrogen-bond donors (Lipinski definition) is 2. The van der Waals surface area contributed by atoms with Crippen molar-refractivity contribution in [3.8, 4) is 0 Å². The summed E-state index contributed by atoms with van der Waals surface area (Å²) >= 11 is 3.27. The van der Waals surface area contributed by atoms with Gasteiger partial charge in [0.25, 0.3) is 0 Å². The van der Waals surface area contributed by atoms with Crippen LogP contribution >= 0.6 is 15.9 Å². The average molecular weight is 311 g/mol. The zero-order chi connectivity index (χ0) is 13.5. The van der Waals surface area contributed by atoms with Crippen LogP contribution in [0.15, 0.2) is 0 Å². The summed E-state index contributed by atoms with van der Waals surface area (Å²) in [5.74, 6) is -1.37. The van der Waals surface area contributed by atoms with Crippen LogP contribution in [-0.2, 0) is 9.59 Å².